The fourth-order valence-corrected chi connectivity index (χ4v) is 6.30. The molecule has 1 aliphatic rings. The first-order chi connectivity index (χ1) is 24.4. The molecule has 274 valence electrons. The Labute approximate surface area is 297 Å². The number of alkyl carbamates (subject to hydrolysis) is 1. The van der Waals surface area contributed by atoms with Gasteiger partial charge in [-0.2, -0.15) is 0 Å². The number of aromatic nitrogens is 4. The van der Waals surface area contributed by atoms with Crippen molar-refractivity contribution in [2.24, 2.45) is 5.73 Å². The molecule has 5 N–H and O–H groups in total. The zero-order valence-electron chi connectivity index (χ0n) is 30.2. The molecule has 1 aliphatic heterocycles. The summed E-state index contributed by atoms with van der Waals surface area (Å²) in [5.74, 6) is 1.76. The Bertz CT molecular complexity index is 1900. The summed E-state index contributed by atoms with van der Waals surface area (Å²) in [5, 5.41) is 9.26. The predicted molar refractivity (Wildman–Crippen MR) is 197 cm³/mol. The number of nitrogens with one attached hydrogen (secondary N) is 3. The Morgan fingerprint density at radius 2 is 1.55 bits per heavy atom. The van der Waals surface area contributed by atoms with Gasteiger partial charge in [0.15, 0.2) is 0 Å². The summed E-state index contributed by atoms with van der Waals surface area (Å²) in [6.07, 6.45) is 6.91. The molecule has 1 saturated heterocycles. The minimum Gasteiger partial charge on any atom is -0.494 e. The van der Waals surface area contributed by atoms with Gasteiger partial charge in [-0.05, 0) is 64.3 Å². The van der Waals surface area contributed by atoms with Crippen molar-refractivity contribution in [2.75, 3.05) is 58.1 Å². The summed E-state index contributed by atoms with van der Waals surface area (Å²) in [7, 11) is 5.15. The SMILES string of the molecule is CNc1nc2cc(C=O)cc(OC)c2n1C/C=C/Cn1c(NC)nc2cc(C(N)=O)cc(OCCCN3CCC(NC(=O)OC(C)(C)C)CC3)c21. The Kier molecular flexibility index (Phi) is 11.7. The minimum atomic E-state index is -0.561. The van der Waals surface area contributed by atoms with Gasteiger partial charge in [-0.3, -0.25) is 9.59 Å². The fraction of sp³-hybridized carbons (Fsp3) is 0.472. The monoisotopic (exact) mass is 703 g/mol. The summed E-state index contributed by atoms with van der Waals surface area (Å²) >= 11 is 0. The summed E-state index contributed by atoms with van der Waals surface area (Å²) in [6.45, 7) is 9.50. The van der Waals surface area contributed by atoms with Crippen LogP contribution in [0.1, 0.15) is 60.7 Å². The fourth-order valence-electron chi connectivity index (χ4n) is 6.30. The van der Waals surface area contributed by atoms with Crippen molar-refractivity contribution in [3.05, 3.63) is 47.5 Å². The molecule has 1 fully saturated rings. The first-order valence-electron chi connectivity index (χ1n) is 17.2. The van der Waals surface area contributed by atoms with E-state index in [1.54, 1.807) is 45.5 Å². The zero-order valence-corrected chi connectivity index (χ0v) is 30.2. The van der Waals surface area contributed by atoms with Crippen LogP contribution in [0.3, 0.4) is 0 Å². The highest BCUT2D eigenvalue weighted by atomic mass is 16.6. The average molecular weight is 704 g/mol. The molecule has 4 aromatic rings. The summed E-state index contributed by atoms with van der Waals surface area (Å²) in [4.78, 5) is 47.6. The molecule has 2 aromatic heterocycles. The van der Waals surface area contributed by atoms with E-state index in [0.717, 1.165) is 56.2 Å². The number of hydrogen-bond donors (Lipinski definition) is 4. The maximum atomic E-state index is 12.2. The number of methoxy groups -OCH3 is 1. The van der Waals surface area contributed by atoms with Crippen molar-refractivity contribution in [3.63, 3.8) is 0 Å². The van der Waals surface area contributed by atoms with E-state index < -0.39 is 11.5 Å². The number of amides is 2. The normalized spacial score (nSPS) is 14.2. The van der Waals surface area contributed by atoms with Crippen LogP contribution in [0.2, 0.25) is 0 Å². The molecule has 51 heavy (non-hydrogen) atoms. The first kappa shape index (κ1) is 37.0. The Hall–Kier alpha value is -5.31. The number of anilines is 2. The van der Waals surface area contributed by atoms with Gasteiger partial charge in [0.1, 0.15) is 34.4 Å². The molecule has 0 atom stereocenters. The van der Waals surface area contributed by atoms with Crippen LogP contribution in [-0.2, 0) is 17.8 Å². The van der Waals surface area contributed by atoms with Gasteiger partial charge in [0.2, 0.25) is 17.8 Å². The molecule has 15 nitrogen and oxygen atoms in total. The predicted octanol–water partition coefficient (Wildman–Crippen LogP) is 4.40. The van der Waals surface area contributed by atoms with Crippen LogP contribution in [0.4, 0.5) is 16.7 Å². The van der Waals surface area contributed by atoms with E-state index in [9.17, 15) is 14.4 Å². The van der Waals surface area contributed by atoms with Gasteiger partial charge in [0.25, 0.3) is 0 Å². The van der Waals surface area contributed by atoms with E-state index in [1.165, 1.54) is 0 Å². The topological polar surface area (TPSA) is 180 Å². The van der Waals surface area contributed by atoms with Crippen LogP contribution in [-0.4, -0.2) is 101 Å². The zero-order chi connectivity index (χ0) is 36.7. The van der Waals surface area contributed by atoms with Crippen molar-refractivity contribution in [1.29, 1.82) is 0 Å². The molecule has 0 saturated carbocycles. The minimum absolute atomic E-state index is 0.0944. The molecule has 2 amide bonds. The molecule has 3 heterocycles. The van der Waals surface area contributed by atoms with E-state index in [2.05, 4.69) is 25.8 Å². The lowest BCUT2D eigenvalue weighted by Gasteiger charge is -2.32. The van der Waals surface area contributed by atoms with Gasteiger partial charge in [-0.1, -0.05) is 12.2 Å². The van der Waals surface area contributed by atoms with E-state index >= 15 is 0 Å². The first-order valence-corrected chi connectivity index (χ1v) is 17.2. The third-order valence-corrected chi connectivity index (χ3v) is 8.65. The number of benzene rings is 2. The van der Waals surface area contributed by atoms with Crippen molar-refractivity contribution in [2.45, 2.75) is 64.8 Å². The van der Waals surface area contributed by atoms with E-state index in [0.29, 0.717) is 65.3 Å². The molecule has 0 aliphatic carbocycles. The lowest BCUT2D eigenvalue weighted by molar-refractivity contribution is 0.0478. The van der Waals surface area contributed by atoms with Crippen molar-refractivity contribution in [3.8, 4) is 11.5 Å². The van der Waals surface area contributed by atoms with Crippen LogP contribution >= 0.6 is 0 Å². The van der Waals surface area contributed by atoms with E-state index in [-0.39, 0.29) is 12.1 Å². The molecule has 5 rings (SSSR count). The number of nitrogens with two attached hydrogens (primary N) is 1. The van der Waals surface area contributed by atoms with Gasteiger partial charge in [0, 0.05) is 64.0 Å². The number of imidazole rings is 2. The summed E-state index contributed by atoms with van der Waals surface area (Å²) < 4.78 is 21.3. The number of hydrogen-bond acceptors (Lipinski definition) is 11. The smallest absolute Gasteiger partial charge is 0.407 e. The number of piperidine rings is 1. The number of ether oxygens (including phenoxy) is 3. The average Bonchev–Trinajstić information content (AvgIpc) is 3.65. The Morgan fingerprint density at radius 3 is 2.10 bits per heavy atom. The third-order valence-electron chi connectivity index (χ3n) is 8.65. The summed E-state index contributed by atoms with van der Waals surface area (Å²) in [5.41, 5.74) is 8.73. The van der Waals surface area contributed by atoms with Gasteiger partial charge in [0.05, 0.1) is 24.8 Å². The second-order valence-electron chi connectivity index (χ2n) is 13.4. The van der Waals surface area contributed by atoms with Crippen molar-refractivity contribution >= 4 is 52.3 Å². The second kappa shape index (κ2) is 16.1. The number of aldehydes is 1. The summed E-state index contributed by atoms with van der Waals surface area (Å²) in [6, 6.07) is 6.88. The van der Waals surface area contributed by atoms with Crippen LogP contribution in [0, 0.1) is 0 Å². The molecule has 15 heteroatoms. The number of allylic oxidation sites excluding steroid dienone is 2. The number of carbonyl (C=O) groups is 3. The molecule has 0 unspecified atom stereocenters. The standard InChI is InChI=1S/C36H49N9O6/c1-36(2,3)51-35(48)40-25-10-15-43(16-11-25)12-9-17-50-29-21-24(32(37)47)20-27-31(29)45(34(39-5)42-27)14-8-7-13-44-30-26(41-33(44)38-4)18-23(22-46)19-28(30)49-6/h7-8,18-22,25H,9-17H2,1-6H3,(H2,37,47)(H,38,41)(H,39,42)(H,40,48)/b8-7+. The van der Waals surface area contributed by atoms with Crippen LogP contribution in [0.5, 0.6) is 11.5 Å². The maximum Gasteiger partial charge on any atom is 0.407 e. The van der Waals surface area contributed by atoms with Crippen molar-refractivity contribution in [1.82, 2.24) is 29.3 Å². The number of rotatable bonds is 15. The van der Waals surface area contributed by atoms with Gasteiger partial charge >= 0.3 is 6.09 Å². The number of likely N-dealkylation sites (tertiary alicyclic amines) is 1. The number of fused-ring (bicyclic) bond motifs is 2. The lowest BCUT2D eigenvalue weighted by Crippen LogP contribution is -2.46. The van der Waals surface area contributed by atoms with Crippen LogP contribution in [0.25, 0.3) is 22.1 Å². The molecule has 0 radical (unpaired) electrons. The lowest BCUT2D eigenvalue weighted by atomic mass is 10.1. The molecular weight excluding hydrogens is 654 g/mol. The number of primary amides is 1. The molecular formula is C36H49N9O6. The number of carbonyl (C=O) groups excluding carboxylic acids is 3. The molecule has 0 spiro atoms. The third kappa shape index (κ3) is 8.89. The van der Waals surface area contributed by atoms with E-state index in [4.69, 9.17) is 24.9 Å². The van der Waals surface area contributed by atoms with Gasteiger partial charge < -0.3 is 49.9 Å². The van der Waals surface area contributed by atoms with Crippen LogP contribution in [0.15, 0.2) is 36.4 Å². The van der Waals surface area contributed by atoms with E-state index in [1.807, 2.05) is 42.1 Å². The quantitative estimate of drug-likeness (QED) is 0.0783. The Balaban J connectivity index is 1.26. The molecule has 2 aromatic carbocycles. The highest BCUT2D eigenvalue weighted by molar-refractivity contribution is 5.99. The second-order valence-corrected chi connectivity index (χ2v) is 13.4. The number of nitrogens with zero attached hydrogens (tertiary/aromatic N) is 5. The molecule has 0 bridgehead atoms. The maximum absolute atomic E-state index is 12.2. The van der Waals surface area contributed by atoms with Gasteiger partial charge in [-0.15, -0.1) is 0 Å². The highest BCUT2D eigenvalue weighted by Gasteiger charge is 2.24. The van der Waals surface area contributed by atoms with Gasteiger partial charge in [-0.25, -0.2) is 14.8 Å². The Morgan fingerprint density at radius 1 is 0.941 bits per heavy atom. The highest BCUT2D eigenvalue weighted by Crippen LogP contribution is 2.32. The largest absolute Gasteiger partial charge is 0.494 e. The van der Waals surface area contributed by atoms with Crippen molar-refractivity contribution < 1.29 is 28.6 Å². The van der Waals surface area contributed by atoms with Crippen LogP contribution < -0.4 is 31.2 Å².